The third kappa shape index (κ3) is 8.55. The number of rotatable bonds is 13. The van der Waals surface area contributed by atoms with E-state index in [9.17, 15) is 19.5 Å². The maximum absolute atomic E-state index is 13.7. The Morgan fingerprint density at radius 1 is 0.750 bits per heavy atom. The topological polar surface area (TPSA) is 146 Å². The quantitative estimate of drug-likeness (QED) is 0.108. The Hall–Kier alpha value is -4.97. The van der Waals surface area contributed by atoms with Crippen LogP contribution in [0.3, 0.4) is 0 Å². The predicted molar refractivity (Wildman–Crippen MR) is 216 cm³/mol. The minimum Gasteiger partial charge on any atom is -0.480 e. The molecule has 0 radical (unpaired) electrons. The van der Waals surface area contributed by atoms with Crippen LogP contribution in [-0.4, -0.2) is 69.6 Å². The SMILES string of the molecule is Cc1c(NC(=O)c2cc(C3CC3)c(CNC3CCOCC3)cn2)cccc1-c1cccc(NC(=O)c2cc(C3CC3)c(CN3CCCC[C@H]3C(=O)O)cn2)c1C. The maximum atomic E-state index is 13.7. The highest BCUT2D eigenvalue weighted by Gasteiger charge is 2.32. The molecule has 2 saturated carbocycles. The van der Waals surface area contributed by atoms with E-state index in [0.29, 0.717) is 53.6 Å². The molecule has 2 amide bonds. The first-order chi connectivity index (χ1) is 27.2. The van der Waals surface area contributed by atoms with Crippen LogP contribution in [0.5, 0.6) is 0 Å². The molecule has 2 aromatic heterocycles. The van der Waals surface area contributed by atoms with Gasteiger partial charge in [0.25, 0.3) is 11.8 Å². The van der Waals surface area contributed by atoms with Gasteiger partial charge in [-0.1, -0.05) is 30.7 Å². The largest absolute Gasteiger partial charge is 0.480 e. The van der Waals surface area contributed by atoms with Crippen molar-refractivity contribution >= 4 is 29.2 Å². The van der Waals surface area contributed by atoms with Gasteiger partial charge in [0.15, 0.2) is 0 Å². The molecule has 4 aromatic rings. The summed E-state index contributed by atoms with van der Waals surface area (Å²) >= 11 is 0. The normalized spacial score (nSPS) is 19.1. The molecule has 292 valence electrons. The van der Waals surface area contributed by atoms with Crippen molar-refractivity contribution in [3.63, 3.8) is 0 Å². The highest BCUT2D eigenvalue weighted by Crippen LogP contribution is 2.43. The summed E-state index contributed by atoms with van der Waals surface area (Å²) in [5.74, 6) is -0.461. The molecule has 0 spiro atoms. The lowest BCUT2D eigenvalue weighted by molar-refractivity contribution is -0.144. The van der Waals surface area contributed by atoms with Gasteiger partial charge in [-0.2, -0.15) is 0 Å². The molecule has 4 aliphatic rings. The summed E-state index contributed by atoms with van der Waals surface area (Å²) in [6.45, 7) is 7.58. The number of benzene rings is 2. The van der Waals surface area contributed by atoms with Gasteiger partial charge in [0, 0.05) is 56.1 Å². The van der Waals surface area contributed by atoms with Crippen LogP contribution in [-0.2, 0) is 22.6 Å². The van der Waals surface area contributed by atoms with Crippen LogP contribution in [0.4, 0.5) is 11.4 Å². The van der Waals surface area contributed by atoms with Gasteiger partial charge in [0.2, 0.25) is 0 Å². The van der Waals surface area contributed by atoms with E-state index in [0.717, 1.165) is 117 Å². The second-order valence-electron chi connectivity index (χ2n) is 16.0. The zero-order valence-corrected chi connectivity index (χ0v) is 32.4. The molecule has 0 bridgehead atoms. The summed E-state index contributed by atoms with van der Waals surface area (Å²) < 4.78 is 5.51. The number of carboxylic acid groups (broad SMARTS) is 1. The summed E-state index contributed by atoms with van der Waals surface area (Å²) in [4.78, 5) is 50.5. The first-order valence-electron chi connectivity index (χ1n) is 20.3. The maximum Gasteiger partial charge on any atom is 0.320 e. The van der Waals surface area contributed by atoms with Crippen molar-refractivity contribution in [2.75, 3.05) is 30.4 Å². The molecule has 2 aliphatic carbocycles. The number of carboxylic acids is 1. The van der Waals surface area contributed by atoms with E-state index < -0.39 is 12.0 Å². The van der Waals surface area contributed by atoms with E-state index in [-0.39, 0.29) is 11.8 Å². The lowest BCUT2D eigenvalue weighted by Gasteiger charge is -2.33. The zero-order chi connectivity index (χ0) is 38.8. The van der Waals surface area contributed by atoms with Crippen LogP contribution in [0.1, 0.15) is 124 Å². The van der Waals surface area contributed by atoms with Gasteiger partial charge in [-0.3, -0.25) is 29.3 Å². The molecule has 4 heterocycles. The van der Waals surface area contributed by atoms with E-state index >= 15 is 0 Å². The Bertz CT molecular complexity index is 2120. The van der Waals surface area contributed by atoms with Crippen molar-refractivity contribution in [1.82, 2.24) is 20.2 Å². The third-order valence-corrected chi connectivity index (χ3v) is 12.1. The van der Waals surface area contributed by atoms with E-state index in [1.807, 2.05) is 73.5 Å². The number of aromatic nitrogens is 2. The van der Waals surface area contributed by atoms with E-state index in [1.165, 1.54) is 5.56 Å². The van der Waals surface area contributed by atoms with Crippen LogP contribution in [0.2, 0.25) is 0 Å². The summed E-state index contributed by atoms with van der Waals surface area (Å²) in [5, 5.41) is 19.7. The highest BCUT2D eigenvalue weighted by atomic mass is 16.5. The number of aliphatic carboxylic acids is 1. The fourth-order valence-corrected chi connectivity index (χ4v) is 8.41. The number of ether oxygens (including phenoxy) is 1. The molecule has 4 N–H and O–H groups in total. The Kier molecular flexibility index (Phi) is 11.3. The molecule has 56 heavy (non-hydrogen) atoms. The number of amides is 2. The number of anilines is 2. The summed E-state index contributed by atoms with van der Waals surface area (Å²) in [7, 11) is 0. The second kappa shape index (κ2) is 16.6. The fraction of sp³-hybridized carbons (Fsp3) is 0.444. The Balaban J connectivity index is 0.965. The van der Waals surface area contributed by atoms with Crippen LogP contribution >= 0.6 is 0 Å². The van der Waals surface area contributed by atoms with Crippen LogP contribution in [0.15, 0.2) is 60.9 Å². The molecule has 11 nitrogen and oxygen atoms in total. The predicted octanol–water partition coefficient (Wildman–Crippen LogP) is 7.73. The first kappa shape index (κ1) is 37.9. The van der Waals surface area contributed by atoms with Crippen molar-refractivity contribution in [3.05, 3.63) is 106 Å². The zero-order valence-electron chi connectivity index (χ0n) is 32.4. The van der Waals surface area contributed by atoms with Gasteiger partial charge >= 0.3 is 5.97 Å². The molecule has 2 aliphatic heterocycles. The van der Waals surface area contributed by atoms with Gasteiger partial charge in [-0.25, -0.2) is 0 Å². The number of hydrogen-bond donors (Lipinski definition) is 4. The number of hydrogen-bond acceptors (Lipinski definition) is 8. The molecule has 11 heteroatoms. The number of carbonyl (C=O) groups is 3. The third-order valence-electron chi connectivity index (χ3n) is 12.1. The van der Waals surface area contributed by atoms with E-state index in [4.69, 9.17) is 4.74 Å². The van der Waals surface area contributed by atoms with Gasteiger partial charge in [0.1, 0.15) is 17.4 Å². The van der Waals surface area contributed by atoms with Gasteiger partial charge in [0.05, 0.1) is 0 Å². The molecular formula is C45H52N6O5. The summed E-state index contributed by atoms with van der Waals surface area (Å²) in [6.07, 6.45) is 12.6. The summed E-state index contributed by atoms with van der Waals surface area (Å²) in [6, 6.07) is 15.5. The van der Waals surface area contributed by atoms with Gasteiger partial charge < -0.3 is 25.8 Å². The van der Waals surface area contributed by atoms with E-state index in [1.54, 1.807) is 6.20 Å². The van der Waals surface area contributed by atoms with Crippen molar-refractivity contribution in [2.24, 2.45) is 0 Å². The lowest BCUT2D eigenvalue weighted by Crippen LogP contribution is -2.44. The van der Waals surface area contributed by atoms with Crippen molar-refractivity contribution in [3.8, 4) is 11.1 Å². The molecule has 8 rings (SSSR count). The molecule has 2 saturated heterocycles. The van der Waals surface area contributed by atoms with Crippen molar-refractivity contribution in [1.29, 1.82) is 0 Å². The number of nitrogens with one attached hydrogen (secondary N) is 3. The Labute approximate surface area is 328 Å². The monoisotopic (exact) mass is 756 g/mol. The van der Waals surface area contributed by atoms with E-state index in [2.05, 4.69) is 25.9 Å². The molecule has 0 unspecified atom stereocenters. The number of piperidine rings is 1. The number of nitrogens with zero attached hydrogens (tertiary/aromatic N) is 3. The minimum atomic E-state index is -0.777. The second-order valence-corrected chi connectivity index (χ2v) is 16.0. The smallest absolute Gasteiger partial charge is 0.320 e. The van der Waals surface area contributed by atoms with Gasteiger partial charge in [-0.05, 0) is 152 Å². The average Bonchev–Trinajstić information content (AvgIpc) is 4.15. The number of likely N-dealkylation sites (tertiary alicyclic amines) is 1. The molecule has 1 atom stereocenters. The van der Waals surface area contributed by atoms with Crippen molar-refractivity contribution in [2.45, 2.75) is 109 Å². The average molecular weight is 757 g/mol. The van der Waals surface area contributed by atoms with Crippen molar-refractivity contribution < 1.29 is 24.2 Å². The first-order valence-corrected chi connectivity index (χ1v) is 20.3. The Morgan fingerprint density at radius 3 is 1.86 bits per heavy atom. The Morgan fingerprint density at radius 2 is 1.30 bits per heavy atom. The lowest BCUT2D eigenvalue weighted by atomic mass is 9.94. The molecule has 4 fully saturated rings. The van der Waals surface area contributed by atoms with Crippen LogP contribution < -0.4 is 16.0 Å². The van der Waals surface area contributed by atoms with Crippen LogP contribution in [0.25, 0.3) is 11.1 Å². The highest BCUT2D eigenvalue weighted by molar-refractivity contribution is 6.05. The fourth-order valence-electron chi connectivity index (χ4n) is 8.41. The number of carbonyl (C=O) groups excluding carboxylic acids is 2. The summed E-state index contributed by atoms with van der Waals surface area (Å²) in [5.41, 5.74) is 10.3. The van der Waals surface area contributed by atoms with Gasteiger partial charge in [-0.15, -0.1) is 0 Å². The minimum absolute atomic E-state index is 0.240. The standard InChI is InChI=1S/C45H52N6O5/c1-27-34(7-5-9-38(27)49-43(52)40-21-36(29-12-13-29)31(24-47-40)23-46-33-16-19-56-20-17-33)35-8-6-10-39(28(35)2)50-44(53)41-22-37(30-14-15-30)32(25-48-41)26-51-18-4-3-11-42(51)45(54)55/h5-10,21-22,24-25,29-30,33,42,46H,3-4,11-20,23,26H2,1-2H3,(H,49,52)(H,50,53)(H,54,55)/t42-/m0/s1. The molecular weight excluding hydrogens is 705 g/mol. The van der Waals surface area contributed by atoms with Crippen LogP contribution in [0, 0.1) is 13.8 Å². The molecule has 2 aromatic carbocycles. The number of pyridine rings is 2.